The summed E-state index contributed by atoms with van der Waals surface area (Å²) >= 11 is 1.52. The molecule has 2 heterocycles. The van der Waals surface area contributed by atoms with Crippen LogP contribution in [0.4, 0.5) is 17.1 Å². The van der Waals surface area contributed by atoms with E-state index in [4.69, 9.17) is 10.5 Å². The van der Waals surface area contributed by atoms with E-state index in [0.717, 1.165) is 16.1 Å². The Hall–Kier alpha value is -5.56. The molecule has 6 rings (SSSR count). The van der Waals surface area contributed by atoms with Gasteiger partial charge in [0, 0.05) is 53.8 Å². The summed E-state index contributed by atoms with van der Waals surface area (Å²) in [6, 6.07) is 26.4. The Bertz CT molecular complexity index is 2020. The fourth-order valence-electron chi connectivity index (χ4n) is 6.13. The molecule has 3 amide bonds. The summed E-state index contributed by atoms with van der Waals surface area (Å²) in [5.74, 6) is -0.718. The summed E-state index contributed by atoms with van der Waals surface area (Å²) in [5, 5.41) is 18.7. The van der Waals surface area contributed by atoms with Crippen LogP contribution in [0.25, 0.3) is 10.6 Å². The highest BCUT2D eigenvalue weighted by molar-refractivity contribution is 7.13. The molecule has 5 aromatic rings. The van der Waals surface area contributed by atoms with E-state index < -0.39 is 6.04 Å². The number of para-hydroxylation sites is 3. The molecule has 0 spiro atoms. The first-order chi connectivity index (χ1) is 25.1. The number of amides is 3. The summed E-state index contributed by atoms with van der Waals surface area (Å²) in [4.78, 5) is 48.4. The standard InChI is InChI=1S/C40H42N6O5S/c1-25-21-46(26(2)24-47)40(50)31-7-6-10-34(44-38(49)29-15-17-30(18-16-29)39-42-19-20-52-39)36(31)51-35(25)23-45(3)22-27-11-13-28(14-12-27)37(48)43-33-9-5-4-8-32(33)41/h4-20,25-26,35,47H,21-24,41H2,1-3H3,(H,43,48)(H,44,49)/t25-,26-,35-/m1/s1. The van der Waals surface area contributed by atoms with Crippen LogP contribution in [0.3, 0.4) is 0 Å². The zero-order valence-electron chi connectivity index (χ0n) is 29.3. The number of likely N-dealkylation sites (N-methyl/N-ethyl adjacent to an activating group) is 1. The number of anilines is 3. The molecule has 12 heteroatoms. The van der Waals surface area contributed by atoms with Gasteiger partial charge in [0.05, 0.1) is 35.3 Å². The lowest BCUT2D eigenvalue weighted by atomic mass is 9.98. The second kappa shape index (κ2) is 16.2. The van der Waals surface area contributed by atoms with Gasteiger partial charge in [-0.25, -0.2) is 4.98 Å². The molecular formula is C40H42N6O5S. The van der Waals surface area contributed by atoms with Crippen LogP contribution in [-0.2, 0) is 6.54 Å². The molecule has 11 nitrogen and oxygen atoms in total. The zero-order chi connectivity index (χ0) is 36.8. The Morgan fingerprint density at radius 1 is 0.981 bits per heavy atom. The maximum Gasteiger partial charge on any atom is 0.258 e. The van der Waals surface area contributed by atoms with E-state index in [0.29, 0.717) is 53.4 Å². The third kappa shape index (κ3) is 8.31. The smallest absolute Gasteiger partial charge is 0.258 e. The van der Waals surface area contributed by atoms with Crippen LogP contribution in [0, 0.1) is 5.92 Å². The highest BCUT2D eigenvalue weighted by atomic mass is 32.1. The molecular weight excluding hydrogens is 677 g/mol. The van der Waals surface area contributed by atoms with Crippen molar-refractivity contribution >= 4 is 46.1 Å². The summed E-state index contributed by atoms with van der Waals surface area (Å²) in [5.41, 5.74) is 10.6. The van der Waals surface area contributed by atoms with Gasteiger partial charge in [-0.2, -0.15) is 0 Å². The van der Waals surface area contributed by atoms with E-state index >= 15 is 0 Å². The maximum atomic E-state index is 13.9. The topological polar surface area (TPSA) is 150 Å². The fourth-order valence-corrected chi connectivity index (χ4v) is 6.78. The van der Waals surface area contributed by atoms with E-state index in [-0.39, 0.29) is 42.1 Å². The average Bonchev–Trinajstić information content (AvgIpc) is 3.70. The number of carbonyl (C=O) groups is 3. The normalized spacial score (nSPS) is 16.3. The summed E-state index contributed by atoms with van der Waals surface area (Å²) in [6.45, 7) is 5.07. The van der Waals surface area contributed by atoms with Crippen molar-refractivity contribution in [3.63, 3.8) is 0 Å². The highest BCUT2D eigenvalue weighted by Crippen LogP contribution is 2.35. The first-order valence-electron chi connectivity index (χ1n) is 17.1. The van der Waals surface area contributed by atoms with E-state index in [2.05, 4.69) is 20.5 Å². The van der Waals surface area contributed by atoms with Crippen molar-refractivity contribution in [1.82, 2.24) is 14.8 Å². The van der Waals surface area contributed by atoms with Crippen molar-refractivity contribution in [3.8, 4) is 16.3 Å². The number of nitrogens with one attached hydrogen (secondary N) is 2. The van der Waals surface area contributed by atoms with Gasteiger partial charge in [0.25, 0.3) is 17.7 Å². The number of benzene rings is 4. The van der Waals surface area contributed by atoms with E-state index in [1.807, 2.05) is 62.7 Å². The minimum atomic E-state index is -0.428. The summed E-state index contributed by atoms with van der Waals surface area (Å²) in [6.07, 6.45) is 1.35. The van der Waals surface area contributed by atoms with Gasteiger partial charge in [0.2, 0.25) is 0 Å². The molecule has 0 unspecified atom stereocenters. The number of nitrogens with two attached hydrogens (primary N) is 1. The number of aromatic nitrogens is 1. The van der Waals surface area contributed by atoms with Crippen LogP contribution in [0.5, 0.6) is 5.75 Å². The third-order valence-electron chi connectivity index (χ3n) is 9.13. The Balaban J connectivity index is 1.20. The molecule has 4 aromatic carbocycles. The Morgan fingerprint density at radius 3 is 2.29 bits per heavy atom. The summed E-state index contributed by atoms with van der Waals surface area (Å²) < 4.78 is 6.71. The predicted octanol–water partition coefficient (Wildman–Crippen LogP) is 6.25. The summed E-state index contributed by atoms with van der Waals surface area (Å²) in [7, 11) is 1.98. The predicted molar refractivity (Wildman–Crippen MR) is 205 cm³/mol. The first-order valence-corrected chi connectivity index (χ1v) is 17.9. The quantitative estimate of drug-likeness (QED) is 0.117. The molecule has 1 aromatic heterocycles. The van der Waals surface area contributed by atoms with Crippen LogP contribution in [0.2, 0.25) is 0 Å². The number of rotatable bonds is 11. The van der Waals surface area contributed by atoms with Crippen molar-refractivity contribution in [2.75, 3.05) is 43.1 Å². The van der Waals surface area contributed by atoms with Gasteiger partial charge >= 0.3 is 0 Å². The van der Waals surface area contributed by atoms with Gasteiger partial charge in [-0.15, -0.1) is 11.3 Å². The number of aliphatic hydroxyl groups excluding tert-OH is 1. The first kappa shape index (κ1) is 36.2. The number of nitrogens with zero attached hydrogens (tertiary/aromatic N) is 3. The zero-order valence-corrected chi connectivity index (χ0v) is 30.1. The Kier molecular flexibility index (Phi) is 11.3. The van der Waals surface area contributed by atoms with Crippen LogP contribution >= 0.6 is 11.3 Å². The lowest BCUT2D eigenvalue weighted by Crippen LogP contribution is -2.49. The van der Waals surface area contributed by atoms with Gasteiger partial charge in [-0.1, -0.05) is 49.4 Å². The van der Waals surface area contributed by atoms with Crippen molar-refractivity contribution in [1.29, 1.82) is 0 Å². The largest absolute Gasteiger partial charge is 0.486 e. The average molecular weight is 719 g/mol. The number of nitrogen functional groups attached to an aromatic ring is 1. The number of hydrogen-bond donors (Lipinski definition) is 4. The Labute approximate surface area is 307 Å². The molecule has 52 heavy (non-hydrogen) atoms. The molecule has 1 aliphatic rings. The van der Waals surface area contributed by atoms with Gasteiger partial charge < -0.3 is 31.1 Å². The lowest BCUT2D eigenvalue weighted by Gasteiger charge is -2.38. The van der Waals surface area contributed by atoms with E-state index in [9.17, 15) is 19.5 Å². The highest BCUT2D eigenvalue weighted by Gasteiger charge is 2.34. The molecule has 0 saturated carbocycles. The monoisotopic (exact) mass is 718 g/mol. The van der Waals surface area contributed by atoms with Gasteiger partial charge in [0.1, 0.15) is 11.1 Å². The minimum Gasteiger partial charge on any atom is -0.486 e. The number of carbonyl (C=O) groups excluding carboxylic acids is 3. The van der Waals surface area contributed by atoms with Crippen LogP contribution in [0.15, 0.2) is 103 Å². The molecule has 0 aliphatic carbocycles. The third-order valence-corrected chi connectivity index (χ3v) is 9.96. The fraction of sp³-hybridized carbons (Fsp3) is 0.250. The molecule has 0 bridgehead atoms. The van der Waals surface area contributed by atoms with Crippen LogP contribution in [0.1, 0.15) is 50.5 Å². The van der Waals surface area contributed by atoms with Gasteiger partial charge in [-0.3, -0.25) is 19.3 Å². The minimum absolute atomic E-state index is 0.132. The number of aliphatic hydroxyl groups is 1. The van der Waals surface area contributed by atoms with Crippen molar-refractivity contribution < 1.29 is 24.2 Å². The number of fused-ring (bicyclic) bond motifs is 1. The van der Waals surface area contributed by atoms with Crippen LogP contribution < -0.4 is 21.1 Å². The number of hydrogen-bond acceptors (Lipinski definition) is 9. The van der Waals surface area contributed by atoms with Gasteiger partial charge in [0.15, 0.2) is 5.75 Å². The number of thiazole rings is 1. The molecule has 268 valence electrons. The number of ether oxygens (including phenoxy) is 1. The molecule has 0 radical (unpaired) electrons. The Morgan fingerprint density at radius 2 is 1.63 bits per heavy atom. The molecule has 5 N–H and O–H groups in total. The van der Waals surface area contributed by atoms with Crippen molar-refractivity contribution in [2.24, 2.45) is 5.92 Å². The molecule has 3 atom stereocenters. The molecule has 1 aliphatic heterocycles. The van der Waals surface area contributed by atoms with Gasteiger partial charge in [-0.05, 0) is 68.1 Å². The second-order valence-electron chi connectivity index (χ2n) is 13.1. The van der Waals surface area contributed by atoms with E-state index in [1.165, 1.54) is 11.3 Å². The molecule has 0 fully saturated rings. The maximum absolute atomic E-state index is 13.9. The van der Waals surface area contributed by atoms with E-state index in [1.54, 1.807) is 65.7 Å². The van der Waals surface area contributed by atoms with Crippen molar-refractivity contribution in [2.45, 2.75) is 32.5 Å². The lowest BCUT2D eigenvalue weighted by molar-refractivity contribution is 0.0343. The van der Waals surface area contributed by atoms with Crippen molar-refractivity contribution in [3.05, 3.63) is 125 Å². The SMILES string of the molecule is C[C@@H]1CN([C@H](C)CO)C(=O)c2cccc(NC(=O)c3ccc(-c4nccs4)cc3)c2O[C@@H]1CN(C)Cc1ccc(C(=O)Nc2ccccc2N)cc1. The second-order valence-corrected chi connectivity index (χ2v) is 14.0. The van der Waals surface area contributed by atoms with Crippen LogP contribution in [-0.4, -0.2) is 76.5 Å². The molecule has 0 saturated heterocycles.